The van der Waals surface area contributed by atoms with Crippen LogP contribution in [0.5, 0.6) is 0 Å². The summed E-state index contributed by atoms with van der Waals surface area (Å²) in [6.45, 7) is 3.70. The molecule has 6 heteroatoms. The van der Waals surface area contributed by atoms with Gasteiger partial charge in [-0.05, 0) is 19.8 Å². The van der Waals surface area contributed by atoms with E-state index in [1.165, 1.54) is 0 Å². The van der Waals surface area contributed by atoms with Crippen molar-refractivity contribution in [1.82, 2.24) is 5.32 Å². The summed E-state index contributed by atoms with van der Waals surface area (Å²) in [7, 11) is 0. The molecule has 1 atom stereocenters. The first-order valence-electron chi connectivity index (χ1n) is 5.29. The average Bonchev–Trinajstić information content (AvgIpc) is 2.22. The van der Waals surface area contributed by atoms with Gasteiger partial charge >= 0.3 is 29.6 Å². The molecular formula is C11H15N2NaO3. The van der Waals surface area contributed by atoms with E-state index < -0.39 is 23.3 Å². The Hall–Kier alpha value is -0.650. The van der Waals surface area contributed by atoms with Crippen molar-refractivity contribution in [2.45, 2.75) is 33.1 Å². The number of allylic oxidation sites excluding steroid dienone is 2. The molecule has 2 amide bonds. The number of amidine groups is 1. The molecule has 17 heavy (non-hydrogen) atoms. The van der Waals surface area contributed by atoms with Crippen LogP contribution >= 0.6 is 0 Å². The fraction of sp³-hybridized carbons (Fsp3) is 0.545. The van der Waals surface area contributed by atoms with Crippen LogP contribution in [0.3, 0.4) is 0 Å². The molecule has 0 aromatic carbocycles. The topological polar surface area (TPSA) is 81.6 Å². The predicted molar refractivity (Wildman–Crippen MR) is 57.4 cm³/mol. The molecule has 0 radical (unpaired) electrons. The molecule has 0 aromatic heterocycles. The van der Waals surface area contributed by atoms with Gasteiger partial charge < -0.3 is 10.4 Å². The van der Waals surface area contributed by atoms with E-state index in [-0.39, 0.29) is 29.6 Å². The summed E-state index contributed by atoms with van der Waals surface area (Å²) in [6.07, 6.45) is 4.89. The van der Waals surface area contributed by atoms with Crippen molar-refractivity contribution >= 4 is 17.8 Å². The molecule has 0 saturated carbocycles. The van der Waals surface area contributed by atoms with Gasteiger partial charge in [0.2, 0.25) is 5.91 Å². The van der Waals surface area contributed by atoms with E-state index in [4.69, 9.17) is 0 Å². The van der Waals surface area contributed by atoms with Gasteiger partial charge in [0.15, 0.2) is 0 Å². The Morgan fingerprint density at radius 3 is 2.59 bits per heavy atom. The van der Waals surface area contributed by atoms with E-state index in [1.807, 2.05) is 13.8 Å². The molecule has 88 valence electrons. The Bertz CT molecular complexity index is 366. The summed E-state index contributed by atoms with van der Waals surface area (Å²) in [5.41, 5.74) is -1.19. The summed E-state index contributed by atoms with van der Waals surface area (Å²) in [6, 6.07) is -0.859. The predicted octanol–water partition coefficient (Wildman–Crippen LogP) is -2.88. The summed E-state index contributed by atoms with van der Waals surface area (Å²) in [4.78, 5) is 26.9. The van der Waals surface area contributed by atoms with Gasteiger partial charge in [0.1, 0.15) is 5.41 Å². The maximum Gasteiger partial charge on any atom is 1.00 e. The van der Waals surface area contributed by atoms with E-state index in [0.29, 0.717) is 19.3 Å². The third kappa shape index (κ3) is 3.40. The molecule has 5 nitrogen and oxygen atoms in total. The number of aliphatic imine (C=N–C) groups is 1. The minimum atomic E-state index is -1.19. The molecule has 1 unspecified atom stereocenters. The summed E-state index contributed by atoms with van der Waals surface area (Å²) >= 11 is 0. The Labute approximate surface area is 123 Å². The van der Waals surface area contributed by atoms with Crippen LogP contribution in [-0.2, 0) is 9.59 Å². The molecule has 1 heterocycles. The molecule has 0 fully saturated rings. The van der Waals surface area contributed by atoms with Crippen LogP contribution in [0.15, 0.2) is 17.1 Å². The van der Waals surface area contributed by atoms with Crippen LogP contribution in [0.2, 0.25) is 0 Å². The average molecular weight is 246 g/mol. The number of carbonyl (C=O) groups excluding carboxylic acids is 2. The summed E-state index contributed by atoms with van der Waals surface area (Å²) in [5, 5.41) is 13.0. The van der Waals surface area contributed by atoms with Gasteiger partial charge in [0, 0.05) is 0 Å². The monoisotopic (exact) mass is 246 g/mol. The normalized spacial score (nSPS) is 24.2. The zero-order chi connectivity index (χ0) is 12.2. The Morgan fingerprint density at radius 1 is 1.47 bits per heavy atom. The van der Waals surface area contributed by atoms with Crippen molar-refractivity contribution in [3.8, 4) is 0 Å². The maximum absolute atomic E-state index is 11.8. The largest absolute Gasteiger partial charge is 1.00 e. The van der Waals surface area contributed by atoms with Gasteiger partial charge in [-0.3, -0.25) is 9.59 Å². The first kappa shape index (κ1) is 16.4. The van der Waals surface area contributed by atoms with Crippen molar-refractivity contribution in [2.24, 2.45) is 10.4 Å². The number of hydrogen-bond acceptors (Lipinski definition) is 3. The van der Waals surface area contributed by atoms with E-state index in [0.717, 1.165) is 0 Å². The van der Waals surface area contributed by atoms with Gasteiger partial charge in [-0.25, -0.2) is 4.99 Å². The third-order valence-corrected chi connectivity index (χ3v) is 2.65. The van der Waals surface area contributed by atoms with Crippen LogP contribution in [0.25, 0.3) is 0 Å². The van der Waals surface area contributed by atoms with Crippen molar-refractivity contribution < 1.29 is 44.3 Å². The Balaban J connectivity index is 0.00000256. The first-order chi connectivity index (χ1) is 7.56. The van der Waals surface area contributed by atoms with Crippen molar-refractivity contribution in [3.05, 3.63) is 12.2 Å². The van der Waals surface area contributed by atoms with Crippen LogP contribution in [0.1, 0.15) is 33.1 Å². The second-order valence-electron chi connectivity index (χ2n) is 3.78. The minimum Gasteiger partial charge on any atom is -0.846 e. The van der Waals surface area contributed by atoms with E-state index >= 15 is 0 Å². The maximum atomic E-state index is 11.8. The molecule has 0 aliphatic carbocycles. The number of hydrogen-bond donors (Lipinski definition) is 1. The summed E-state index contributed by atoms with van der Waals surface area (Å²) in [5.74, 6) is -1.15. The molecule has 0 aromatic rings. The molecule has 1 N–H and O–H groups in total. The molecule has 1 aliphatic heterocycles. The molecular weight excluding hydrogens is 231 g/mol. The molecule has 1 aliphatic rings. The standard InChI is InChI=1S/C11H16N2O3.Na/c1-3-5-7-11(6-4-2)8(14)12-10(16)13-9(11)15;/h3,5H,4,6-7H2,1-2H3,(H2,12,13,14,15,16);/q;+1/p-1/b5-3+;. The van der Waals surface area contributed by atoms with Gasteiger partial charge in [0.25, 0.3) is 5.91 Å². The Morgan fingerprint density at radius 2 is 2.12 bits per heavy atom. The van der Waals surface area contributed by atoms with Crippen LogP contribution in [0, 0.1) is 5.41 Å². The second kappa shape index (κ2) is 6.93. The number of rotatable bonds is 4. The molecule has 1 rings (SSSR count). The fourth-order valence-electron chi connectivity index (χ4n) is 1.79. The molecule has 0 bridgehead atoms. The second-order valence-corrected chi connectivity index (χ2v) is 3.78. The Kier molecular flexibility index (Phi) is 6.67. The van der Waals surface area contributed by atoms with Gasteiger partial charge in [-0.2, -0.15) is 0 Å². The van der Waals surface area contributed by atoms with E-state index in [2.05, 4.69) is 10.3 Å². The summed E-state index contributed by atoms with van der Waals surface area (Å²) < 4.78 is 0. The third-order valence-electron chi connectivity index (χ3n) is 2.65. The zero-order valence-electron chi connectivity index (χ0n) is 10.4. The van der Waals surface area contributed by atoms with Gasteiger partial charge in [-0.15, -0.1) is 0 Å². The minimum absolute atomic E-state index is 0. The van der Waals surface area contributed by atoms with Gasteiger partial charge in [0.05, 0.1) is 6.02 Å². The quantitative estimate of drug-likeness (QED) is 0.328. The molecule has 0 spiro atoms. The van der Waals surface area contributed by atoms with Crippen LogP contribution in [-0.4, -0.2) is 17.8 Å². The van der Waals surface area contributed by atoms with Crippen LogP contribution in [0.4, 0.5) is 0 Å². The smallest absolute Gasteiger partial charge is 0.846 e. The van der Waals surface area contributed by atoms with Crippen molar-refractivity contribution in [1.29, 1.82) is 0 Å². The number of nitrogens with zero attached hydrogens (tertiary/aromatic N) is 1. The van der Waals surface area contributed by atoms with E-state index in [1.54, 1.807) is 12.2 Å². The SMILES string of the molecule is C/C=C/CC1(CCC)C(=O)N=C([O-])NC1=O.[Na+]. The van der Waals surface area contributed by atoms with Gasteiger partial charge in [-0.1, -0.05) is 25.5 Å². The number of amides is 2. The van der Waals surface area contributed by atoms with Crippen molar-refractivity contribution in [2.75, 3.05) is 0 Å². The molecule has 0 saturated heterocycles. The first-order valence-corrected chi connectivity index (χ1v) is 5.29. The van der Waals surface area contributed by atoms with E-state index in [9.17, 15) is 14.7 Å². The number of nitrogens with one attached hydrogen (secondary N) is 1. The van der Waals surface area contributed by atoms with Crippen molar-refractivity contribution in [3.63, 3.8) is 0 Å². The van der Waals surface area contributed by atoms with Crippen LogP contribution < -0.4 is 40.0 Å². The zero-order valence-corrected chi connectivity index (χ0v) is 12.4. The fourth-order valence-corrected chi connectivity index (χ4v) is 1.79. The number of carbonyl (C=O) groups is 2.